The molecule has 264 valence electrons. The standard InChI is InChI=1S/C29H39F3N8O8/c1-14(37-24(44)19(9-10-21(33)41)40-27(46)48-28(2,3)4)23(43)39-18(6-5-11-36-26(34)35)25(45)38-15-7-8-16-17(29(30,31)32)13-22(42)47-20(16)12-15/h7-8,12-14,18-19H,5-6,9-11H2,1-4H3,(H2,33,41)(H,37,44)(H,38,45)(H,39,43)(H,40,46)(H4,34,35,36)/t14-,18-,19-/m0/s1. The van der Waals surface area contributed by atoms with Gasteiger partial charge in [0.05, 0.1) is 5.56 Å². The number of alkyl halides is 3. The van der Waals surface area contributed by atoms with E-state index in [0.29, 0.717) is 6.07 Å². The topological polar surface area (TPSA) is 263 Å². The third kappa shape index (κ3) is 12.8. The fraction of sp³-hybridized carbons (Fsp3) is 0.483. The van der Waals surface area contributed by atoms with E-state index in [0.717, 1.165) is 18.2 Å². The van der Waals surface area contributed by atoms with Gasteiger partial charge in [0.15, 0.2) is 5.96 Å². The Kier molecular flexibility index (Phi) is 13.3. The zero-order chi connectivity index (χ0) is 36.4. The molecule has 5 amide bonds. The van der Waals surface area contributed by atoms with Crippen LogP contribution >= 0.6 is 0 Å². The van der Waals surface area contributed by atoms with Gasteiger partial charge in [0, 0.05) is 36.2 Å². The van der Waals surface area contributed by atoms with Crippen LogP contribution in [0.5, 0.6) is 0 Å². The van der Waals surface area contributed by atoms with Crippen molar-refractivity contribution in [2.24, 2.45) is 22.2 Å². The summed E-state index contributed by atoms with van der Waals surface area (Å²) < 4.78 is 50.3. The summed E-state index contributed by atoms with van der Waals surface area (Å²) in [4.78, 5) is 78.5. The Bertz CT molecular complexity index is 1600. The molecule has 16 nitrogen and oxygen atoms in total. The van der Waals surface area contributed by atoms with Crippen LogP contribution in [0.3, 0.4) is 0 Å². The number of amides is 5. The molecule has 0 radical (unpaired) electrons. The summed E-state index contributed by atoms with van der Waals surface area (Å²) in [5.74, 6) is -3.46. The largest absolute Gasteiger partial charge is 0.444 e. The van der Waals surface area contributed by atoms with E-state index in [2.05, 4.69) is 26.3 Å². The molecule has 0 spiro atoms. The predicted molar refractivity (Wildman–Crippen MR) is 167 cm³/mol. The van der Waals surface area contributed by atoms with Crippen molar-refractivity contribution in [3.05, 3.63) is 40.2 Å². The fourth-order valence-corrected chi connectivity index (χ4v) is 4.16. The number of carbonyl (C=O) groups is 5. The summed E-state index contributed by atoms with van der Waals surface area (Å²) >= 11 is 0. The number of primary amides is 1. The van der Waals surface area contributed by atoms with Crippen LogP contribution < -0.4 is 44.1 Å². The lowest BCUT2D eigenvalue weighted by atomic mass is 10.1. The molecule has 10 N–H and O–H groups in total. The number of carbonyl (C=O) groups excluding carboxylic acids is 5. The van der Waals surface area contributed by atoms with E-state index < -0.39 is 81.8 Å². The average Bonchev–Trinajstić information content (AvgIpc) is 2.94. The number of rotatable bonds is 14. The van der Waals surface area contributed by atoms with Crippen molar-refractivity contribution in [1.29, 1.82) is 0 Å². The number of hydrogen-bond acceptors (Lipinski definition) is 9. The van der Waals surface area contributed by atoms with Gasteiger partial charge >= 0.3 is 17.9 Å². The number of halogens is 3. The number of alkyl carbamates (subject to hydrolysis) is 1. The molecule has 1 aromatic carbocycles. The number of ether oxygens (including phenoxy) is 1. The molecule has 2 rings (SSSR count). The summed E-state index contributed by atoms with van der Waals surface area (Å²) in [6, 6.07) is -0.364. The lowest BCUT2D eigenvalue weighted by Crippen LogP contribution is -2.55. The molecule has 0 unspecified atom stereocenters. The van der Waals surface area contributed by atoms with E-state index in [4.69, 9.17) is 26.4 Å². The second-order valence-corrected chi connectivity index (χ2v) is 11.6. The summed E-state index contributed by atoms with van der Waals surface area (Å²) in [5, 5.41) is 9.25. The van der Waals surface area contributed by atoms with Crippen LogP contribution in [-0.2, 0) is 30.1 Å². The van der Waals surface area contributed by atoms with Gasteiger partial charge in [0.2, 0.25) is 23.6 Å². The fourth-order valence-electron chi connectivity index (χ4n) is 4.16. The maximum Gasteiger partial charge on any atom is 0.417 e. The lowest BCUT2D eigenvalue weighted by molar-refractivity contribution is -0.136. The quantitative estimate of drug-likeness (QED) is 0.0641. The molecule has 0 saturated heterocycles. The van der Waals surface area contributed by atoms with Crippen LogP contribution in [0.2, 0.25) is 0 Å². The summed E-state index contributed by atoms with van der Waals surface area (Å²) in [6.45, 7) is 6.17. The highest BCUT2D eigenvalue weighted by atomic mass is 19.4. The van der Waals surface area contributed by atoms with E-state index in [1.807, 2.05) is 0 Å². The van der Waals surface area contributed by atoms with Gasteiger partial charge in [-0.3, -0.25) is 24.2 Å². The number of benzene rings is 1. The SMILES string of the molecule is C[C@H](NC(=O)[C@H](CCC(N)=O)NC(=O)OC(C)(C)C)C(=O)N[C@@H](CCCN=C(N)N)C(=O)Nc1ccc2c(C(F)(F)F)cc(=O)oc2c1. The number of aliphatic imine (C=N–C) groups is 1. The van der Waals surface area contributed by atoms with Gasteiger partial charge in [-0.25, -0.2) is 9.59 Å². The first-order valence-corrected chi connectivity index (χ1v) is 14.6. The van der Waals surface area contributed by atoms with Crippen molar-refractivity contribution in [1.82, 2.24) is 16.0 Å². The van der Waals surface area contributed by atoms with Crippen molar-refractivity contribution < 1.29 is 46.3 Å². The molecule has 1 heterocycles. The first kappa shape index (κ1) is 38.8. The maximum absolute atomic E-state index is 13.4. The molecule has 19 heteroatoms. The first-order chi connectivity index (χ1) is 22.2. The number of hydrogen-bond donors (Lipinski definition) is 7. The minimum absolute atomic E-state index is 0.0304. The smallest absolute Gasteiger partial charge is 0.417 e. The molecule has 0 bridgehead atoms. The molecule has 2 aromatic rings. The highest BCUT2D eigenvalue weighted by molar-refractivity contribution is 6.00. The number of guanidine groups is 1. The van der Waals surface area contributed by atoms with Crippen LogP contribution in [0.4, 0.5) is 23.7 Å². The van der Waals surface area contributed by atoms with E-state index in [9.17, 15) is 41.9 Å². The third-order valence-electron chi connectivity index (χ3n) is 6.33. The molecule has 1 aromatic heterocycles. The Labute approximate surface area is 272 Å². The monoisotopic (exact) mass is 684 g/mol. The van der Waals surface area contributed by atoms with Gasteiger partial charge in [-0.15, -0.1) is 0 Å². The molecule has 0 aliphatic heterocycles. The maximum atomic E-state index is 13.4. The highest BCUT2D eigenvalue weighted by Crippen LogP contribution is 2.34. The van der Waals surface area contributed by atoms with E-state index in [1.165, 1.54) is 6.92 Å². The molecule has 0 aliphatic rings. The average molecular weight is 685 g/mol. The lowest BCUT2D eigenvalue weighted by Gasteiger charge is -2.25. The van der Waals surface area contributed by atoms with Gasteiger partial charge < -0.3 is 47.6 Å². The minimum Gasteiger partial charge on any atom is -0.444 e. The van der Waals surface area contributed by atoms with Crippen molar-refractivity contribution in [3.8, 4) is 0 Å². The van der Waals surface area contributed by atoms with Crippen molar-refractivity contribution in [3.63, 3.8) is 0 Å². The Hall–Kier alpha value is -5.36. The van der Waals surface area contributed by atoms with E-state index in [1.54, 1.807) is 20.8 Å². The van der Waals surface area contributed by atoms with Crippen LogP contribution in [0.1, 0.15) is 58.9 Å². The van der Waals surface area contributed by atoms with Gasteiger partial charge in [-0.05, 0) is 59.1 Å². The van der Waals surface area contributed by atoms with Gasteiger partial charge in [-0.2, -0.15) is 13.2 Å². The number of nitrogens with one attached hydrogen (secondary N) is 4. The Morgan fingerprint density at radius 1 is 0.917 bits per heavy atom. The van der Waals surface area contributed by atoms with Crippen LogP contribution in [0.15, 0.2) is 38.5 Å². The van der Waals surface area contributed by atoms with E-state index >= 15 is 0 Å². The van der Waals surface area contributed by atoms with Crippen molar-refractivity contribution >= 4 is 52.3 Å². The second kappa shape index (κ2) is 16.5. The number of nitrogens with two attached hydrogens (primary N) is 3. The van der Waals surface area contributed by atoms with Crippen molar-refractivity contribution in [2.45, 2.75) is 83.3 Å². The molecule has 0 aliphatic carbocycles. The van der Waals surface area contributed by atoms with Crippen molar-refractivity contribution in [2.75, 3.05) is 11.9 Å². The number of fused-ring (bicyclic) bond motifs is 1. The molecule has 0 fully saturated rings. The molecular formula is C29H39F3N8O8. The zero-order valence-corrected chi connectivity index (χ0v) is 26.7. The highest BCUT2D eigenvalue weighted by Gasteiger charge is 2.34. The van der Waals surface area contributed by atoms with Crippen LogP contribution in [-0.4, -0.2) is 66.0 Å². The van der Waals surface area contributed by atoms with E-state index in [-0.39, 0.29) is 43.9 Å². The Balaban J connectivity index is 2.23. The van der Waals surface area contributed by atoms with Crippen LogP contribution in [0.25, 0.3) is 11.0 Å². The summed E-state index contributed by atoms with van der Waals surface area (Å²) in [6.07, 6.45) is -6.12. The normalized spacial score (nSPS) is 13.4. The predicted octanol–water partition coefficient (Wildman–Crippen LogP) is 0.952. The summed E-state index contributed by atoms with van der Waals surface area (Å²) in [7, 11) is 0. The van der Waals surface area contributed by atoms with Gasteiger partial charge in [0.25, 0.3) is 0 Å². The minimum atomic E-state index is -4.84. The van der Waals surface area contributed by atoms with Crippen LogP contribution in [0, 0.1) is 0 Å². The molecule has 3 atom stereocenters. The first-order valence-electron chi connectivity index (χ1n) is 14.6. The number of nitrogens with zero attached hydrogens (tertiary/aromatic N) is 1. The third-order valence-corrected chi connectivity index (χ3v) is 6.33. The zero-order valence-electron chi connectivity index (χ0n) is 26.7. The van der Waals surface area contributed by atoms with Gasteiger partial charge in [-0.1, -0.05) is 0 Å². The molecular weight excluding hydrogens is 645 g/mol. The Morgan fingerprint density at radius 2 is 1.56 bits per heavy atom. The molecule has 0 saturated carbocycles. The summed E-state index contributed by atoms with van der Waals surface area (Å²) in [5.41, 5.74) is 12.0. The van der Waals surface area contributed by atoms with Gasteiger partial charge in [0.1, 0.15) is 29.3 Å². The second-order valence-electron chi connectivity index (χ2n) is 11.6. The Morgan fingerprint density at radius 3 is 2.15 bits per heavy atom. The number of anilines is 1. The molecule has 48 heavy (non-hydrogen) atoms.